The minimum atomic E-state index is -0.387. The summed E-state index contributed by atoms with van der Waals surface area (Å²) in [6.45, 7) is 1.80. The topological polar surface area (TPSA) is 62.2 Å². The Balaban J connectivity index is 2.52. The normalized spacial score (nSPS) is 10.6. The largest absolute Gasteiger partial charge is 0.395 e. The van der Waals surface area contributed by atoms with Crippen molar-refractivity contribution in [3.05, 3.63) is 41.3 Å². The fraction of sp³-hybridized carbons (Fsp3) is 0.231. The molecule has 0 aliphatic rings. The van der Waals surface area contributed by atoms with E-state index in [0.29, 0.717) is 22.2 Å². The van der Waals surface area contributed by atoms with Gasteiger partial charge in [-0.05, 0) is 25.1 Å². The van der Waals surface area contributed by atoms with Gasteiger partial charge < -0.3 is 10.4 Å². The van der Waals surface area contributed by atoms with Crippen molar-refractivity contribution in [1.29, 1.82) is 0 Å². The molecule has 0 saturated heterocycles. The van der Waals surface area contributed by atoms with Crippen LogP contribution in [0.4, 0.5) is 4.39 Å². The van der Waals surface area contributed by atoms with E-state index in [-0.39, 0.29) is 24.9 Å². The van der Waals surface area contributed by atoms with Crippen LogP contribution in [0.2, 0.25) is 0 Å². The molecule has 5 heteroatoms. The fourth-order valence-corrected chi connectivity index (χ4v) is 1.79. The number of pyridine rings is 1. The molecule has 2 rings (SSSR count). The van der Waals surface area contributed by atoms with Gasteiger partial charge >= 0.3 is 0 Å². The molecule has 0 bridgehead atoms. The van der Waals surface area contributed by atoms with Crippen LogP contribution in [-0.2, 0) is 0 Å². The lowest BCUT2D eigenvalue weighted by molar-refractivity contribution is 0.0946. The molecule has 4 nitrogen and oxygen atoms in total. The molecule has 1 amide bonds. The molecule has 0 unspecified atom stereocenters. The maximum atomic E-state index is 13.1. The number of amides is 1. The van der Waals surface area contributed by atoms with Crippen molar-refractivity contribution in [2.45, 2.75) is 6.92 Å². The van der Waals surface area contributed by atoms with Crippen molar-refractivity contribution in [2.24, 2.45) is 0 Å². The SMILES string of the molecule is Cc1cc(C(=O)NCCO)c2ccc(F)cc2n1. The van der Waals surface area contributed by atoms with Crippen LogP contribution in [0.15, 0.2) is 24.3 Å². The molecule has 0 aliphatic heterocycles. The summed E-state index contributed by atoms with van der Waals surface area (Å²) in [5.41, 5.74) is 1.53. The summed E-state index contributed by atoms with van der Waals surface area (Å²) in [7, 11) is 0. The number of benzene rings is 1. The molecule has 18 heavy (non-hydrogen) atoms. The average molecular weight is 248 g/mol. The van der Waals surface area contributed by atoms with Crippen molar-refractivity contribution < 1.29 is 14.3 Å². The van der Waals surface area contributed by atoms with E-state index < -0.39 is 0 Å². The van der Waals surface area contributed by atoms with E-state index in [0.717, 1.165) is 0 Å². The maximum Gasteiger partial charge on any atom is 0.252 e. The van der Waals surface area contributed by atoms with Gasteiger partial charge in [-0.1, -0.05) is 0 Å². The first-order valence-electron chi connectivity index (χ1n) is 5.58. The third-order valence-corrected chi connectivity index (χ3v) is 2.54. The number of aliphatic hydroxyl groups is 1. The molecule has 0 radical (unpaired) electrons. The average Bonchev–Trinajstić information content (AvgIpc) is 2.34. The summed E-state index contributed by atoms with van der Waals surface area (Å²) < 4.78 is 13.1. The van der Waals surface area contributed by atoms with Gasteiger partial charge in [0.25, 0.3) is 5.91 Å². The standard InChI is InChI=1S/C13H13FN2O2/c1-8-6-11(13(18)15-4-5-17)10-3-2-9(14)7-12(10)16-8/h2-3,6-7,17H,4-5H2,1H3,(H,15,18). The number of carbonyl (C=O) groups excluding carboxylic acids is 1. The smallest absolute Gasteiger partial charge is 0.252 e. The molecule has 2 N–H and O–H groups in total. The number of halogens is 1. The second kappa shape index (κ2) is 5.10. The Morgan fingerprint density at radius 1 is 1.44 bits per heavy atom. The number of carbonyl (C=O) groups is 1. The van der Waals surface area contributed by atoms with Crippen LogP contribution in [0.25, 0.3) is 10.9 Å². The molecule has 0 atom stereocenters. The summed E-state index contributed by atoms with van der Waals surface area (Å²) in [6.07, 6.45) is 0. The van der Waals surface area contributed by atoms with Gasteiger partial charge in [-0.25, -0.2) is 4.39 Å². The number of hydrogen-bond acceptors (Lipinski definition) is 3. The lowest BCUT2D eigenvalue weighted by Gasteiger charge is -2.08. The first kappa shape index (κ1) is 12.4. The first-order valence-corrected chi connectivity index (χ1v) is 5.58. The Morgan fingerprint density at radius 2 is 2.22 bits per heavy atom. The lowest BCUT2D eigenvalue weighted by atomic mass is 10.1. The summed E-state index contributed by atoms with van der Waals surface area (Å²) >= 11 is 0. The van der Waals surface area contributed by atoms with Crippen LogP contribution in [0.1, 0.15) is 16.1 Å². The predicted octanol–water partition coefficient (Wildman–Crippen LogP) is 1.40. The molecule has 94 valence electrons. The monoisotopic (exact) mass is 248 g/mol. The van der Waals surface area contributed by atoms with Crippen LogP contribution < -0.4 is 5.32 Å². The Hall–Kier alpha value is -2.01. The van der Waals surface area contributed by atoms with Crippen molar-refractivity contribution in [1.82, 2.24) is 10.3 Å². The second-order valence-corrected chi connectivity index (χ2v) is 3.95. The summed E-state index contributed by atoms with van der Waals surface area (Å²) in [6, 6.07) is 5.77. The summed E-state index contributed by atoms with van der Waals surface area (Å²) in [5.74, 6) is -0.687. The number of aromatic nitrogens is 1. The lowest BCUT2D eigenvalue weighted by Crippen LogP contribution is -2.26. The molecule has 1 aromatic heterocycles. The molecule has 0 saturated carbocycles. The zero-order chi connectivity index (χ0) is 13.1. The van der Waals surface area contributed by atoms with Crippen LogP contribution in [0.3, 0.4) is 0 Å². The van der Waals surface area contributed by atoms with E-state index in [4.69, 9.17) is 5.11 Å². The molecule has 0 aliphatic carbocycles. The number of nitrogens with zero attached hydrogens (tertiary/aromatic N) is 1. The van der Waals surface area contributed by atoms with Crippen LogP contribution in [0, 0.1) is 12.7 Å². The maximum absolute atomic E-state index is 13.1. The Bertz CT molecular complexity index is 594. The molecule has 0 spiro atoms. The molecular weight excluding hydrogens is 235 g/mol. The predicted molar refractivity (Wildman–Crippen MR) is 65.9 cm³/mol. The molecular formula is C13H13FN2O2. The number of nitrogens with one attached hydrogen (secondary N) is 1. The Morgan fingerprint density at radius 3 is 2.94 bits per heavy atom. The van der Waals surface area contributed by atoms with E-state index in [1.54, 1.807) is 13.0 Å². The number of aryl methyl sites for hydroxylation is 1. The minimum Gasteiger partial charge on any atom is -0.395 e. The fourth-order valence-electron chi connectivity index (χ4n) is 1.79. The van der Waals surface area contributed by atoms with Gasteiger partial charge in [0.2, 0.25) is 0 Å². The van der Waals surface area contributed by atoms with E-state index in [1.165, 1.54) is 18.2 Å². The molecule has 2 aromatic rings. The zero-order valence-electron chi connectivity index (χ0n) is 9.90. The van der Waals surface area contributed by atoms with E-state index >= 15 is 0 Å². The Labute approximate surface area is 103 Å². The van der Waals surface area contributed by atoms with Gasteiger partial charge in [0, 0.05) is 23.7 Å². The van der Waals surface area contributed by atoms with Gasteiger partial charge in [0.15, 0.2) is 0 Å². The van der Waals surface area contributed by atoms with Gasteiger partial charge in [-0.2, -0.15) is 0 Å². The first-order chi connectivity index (χ1) is 8.61. The molecule has 1 heterocycles. The molecule has 1 aromatic carbocycles. The third kappa shape index (κ3) is 2.46. The van der Waals surface area contributed by atoms with Gasteiger partial charge in [0.1, 0.15) is 5.82 Å². The zero-order valence-corrected chi connectivity index (χ0v) is 9.90. The second-order valence-electron chi connectivity index (χ2n) is 3.95. The van der Waals surface area contributed by atoms with E-state index in [9.17, 15) is 9.18 Å². The van der Waals surface area contributed by atoms with Crippen molar-refractivity contribution >= 4 is 16.8 Å². The quantitative estimate of drug-likeness (QED) is 0.863. The van der Waals surface area contributed by atoms with Crippen molar-refractivity contribution in [3.8, 4) is 0 Å². The Kier molecular flexibility index (Phi) is 3.53. The van der Waals surface area contributed by atoms with E-state index in [1.807, 2.05) is 0 Å². The third-order valence-electron chi connectivity index (χ3n) is 2.54. The van der Waals surface area contributed by atoms with Crippen molar-refractivity contribution in [2.75, 3.05) is 13.2 Å². The van der Waals surface area contributed by atoms with Gasteiger partial charge in [-0.15, -0.1) is 0 Å². The highest BCUT2D eigenvalue weighted by Gasteiger charge is 2.11. The van der Waals surface area contributed by atoms with Gasteiger partial charge in [-0.3, -0.25) is 9.78 Å². The molecule has 0 fully saturated rings. The summed E-state index contributed by atoms with van der Waals surface area (Å²) in [5, 5.41) is 11.9. The van der Waals surface area contributed by atoms with Gasteiger partial charge in [0.05, 0.1) is 17.7 Å². The van der Waals surface area contributed by atoms with Crippen LogP contribution in [-0.4, -0.2) is 29.1 Å². The summed E-state index contributed by atoms with van der Waals surface area (Å²) in [4.78, 5) is 16.1. The minimum absolute atomic E-state index is 0.123. The van der Waals surface area contributed by atoms with E-state index in [2.05, 4.69) is 10.3 Å². The highest BCUT2D eigenvalue weighted by atomic mass is 19.1. The van der Waals surface area contributed by atoms with Crippen LogP contribution >= 0.6 is 0 Å². The highest BCUT2D eigenvalue weighted by Crippen LogP contribution is 2.19. The van der Waals surface area contributed by atoms with Crippen LogP contribution in [0.5, 0.6) is 0 Å². The number of aliphatic hydroxyl groups excluding tert-OH is 1. The number of rotatable bonds is 3. The number of fused-ring (bicyclic) bond motifs is 1. The number of hydrogen-bond donors (Lipinski definition) is 2. The highest BCUT2D eigenvalue weighted by molar-refractivity contribution is 6.06. The van der Waals surface area contributed by atoms with Crippen molar-refractivity contribution in [3.63, 3.8) is 0 Å².